The molecule has 2 unspecified atom stereocenters. The van der Waals surface area contributed by atoms with E-state index >= 15 is 0 Å². The number of likely N-dealkylation sites (tertiary alicyclic amines) is 1. The van der Waals surface area contributed by atoms with Crippen molar-refractivity contribution < 1.29 is 9.18 Å². The molecular weight excluding hydrogens is 241 g/mol. The average Bonchev–Trinajstić information content (AvgIpc) is 2.38. The first kappa shape index (κ1) is 14.2. The summed E-state index contributed by atoms with van der Waals surface area (Å²) in [5.74, 6) is 0.0504. The van der Waals surface area contributed by atoms with E-state index in [2.05, 4.69) is 11.8 Å². The second kappa shape index (κ2) is 6.29. The summed E-state index contributed by atoms with van der Waals surface area (Å²) in [6, 6.07) is 6.25. The monoisotopic (exact) mass is 263 g/mol. The number of piperidine rings is 1. The third-order valence-electron chi connectivity index (χ3n) is 3.86. The van der Waals surface area contributed by atoms with E-state index in [1.165, 1.54) is 18.9 Å². The van der Waals surface area contributed by atoms with Gasteiger partial charge in [0.25, 0.3) is 0 Å². The molecule has 1 aliphatic heterocycles. The molecule has 0 saturated carbocycles. The summed E-state index contributed by atoms with van der Waals surface area (Å²) in [6.45, 7) is 6.98. The molecule has 0 radical (unpaired) electrons. The van der Waals surface area contributed by atoms with Crippen molar-refractivity contribution in [2.75, 3.05) is 19.6 Å². The van der Waals surface area contributed by atoms with Crippen LogP contribution in [-0.4, -0.2) is 30.3 Å². The van der Waals surface area contributed by atoms with Gasteiger partial charge in [0.2, 0.25) is 0 Å². The van der Waals surface area contributed by atoms with Crippen LogP contribution in [0.25, 0.3) is 0 Å². The number of ketones is 1. The number of carbonyl (C=O) groups excluding carboxylic acids is 1. The van der Waals surface area contributed by atoms with Crippen LogP contribution in [0.1, 0.15) is 37.0 Å². The Kier molecular flexibility index (Phi) is 4.70. The molecule has 0 aliphatic carbocycles. The predicted molar refractivity (Wildman–Crippen MR) is 74.7 cm³/mol. The summed E-state index contributed by atoms with van der Waals surface area (Å²) in [6.07, 6.45) is 2.47. The van der Waals surface area contributed by atoms with Crippen LogP contribution >= 0.6 is 0 Å². The smallest absolute Gasteiger partial charge is 0.169 e. The number of benzene rings is 1. The van der Waals surface area contributed by atoms with Gasteiger partial charge in [-0.15, -0.1) is 0 Å². The fourth-order valence-corrected chi connectivity index (χ4v) is 2.85. The third kappa shape index (κ3) is 3.63. The molecule has 0 amide bonds. The highest BCUT2D eigenvalue weighted by Crippen LogP contribution is 2.19. The predicted octanol–water partition coefficient (Wildman–Crippen LogP) is 3.38. The lowest BCUT2D eigenvalue weighted by molar-refractivity contribution is 0.0862. The highest BCUT2D eigenvalue weighted by molar-refractivity contribution is 5.98. The first-order valence-electron chi connectivity index (χ1n) is 7.09. The summed E-state index contributed by atoms with van der Waals surface area (Å²) in [5.41, 5.74) is 0.222. The molecule has 1 aliphatic rings. The minimum absolute atomic E-state index is 0.0867. The highest BCUT2D eigenvalue weighted by atomic mass is 19.1. The number of hydrogen-bond donors (Lipinski definition) is 0. The van der Waals surface area contributed by atoms with E-state index < -0.39 is 5.82 Å². The van der Waals surface area contributed by atoms with Crippen molar-refractivity contribution in [3.05, 3.63) is 35.6 Å². The van der Waals surface area contributed by atoms with Crippen molar-refractivity contribution in [3.63, 3.8) is 0 Å². The van der Waals surface area contributed by atoms with Crippen LogP contribution in [0, 0.1) is 17.7 Å². The van der Waals surface area contributed by atoms with E-state index in [0.717, 1.165) is 19.6 Å². The molecule has 2 rings (SSSR count). The first-order chi connectivity index (χ1) is 9.08. The molecule has 0 N–H and O–H groups in total. The van der Waals surface area contributed by atoms with Gasteiger partial charge < -0.3 is 4.90 Å². The molecule has 1 saturated heterocycles. The van der Waals surface area contributed by atoms with Crippen molar-refractivity contribution >= 4 is 5.78 Å². The summed E-state index contributed by atoms with van der Waals surface area (Å²) in [7, 11) is 0. The topological polar surface area (TPSA) is 20.3 Å². The number of carbonyl (C=O) groups is 1. The van der Waals surface area contributed by atoms with E-state index in [1.54, 1.807) is 18.2 Å². The molecule has 2 nitrogen and oxygen atoms in total. The Morgan fingerprint density at radius 3 is 2.89 bits per heavy atom. The summed E-state index contributed by atoms with van der Waals surface area (Å²) >= 11 is 0. The van der Waals surface area contributed by atoms with Crippen molar-refractivity contribution in [1.29, 1.82) is 0 Å². The molecule has 104 valence electrons. The molecule has 1 aromatic carbocycles. The number of hydrogen-bond acceptors (Lipinski definition) is 2. The SMILES string of the molecule is CC1CCCN(CC(C)C(=O)c2ccccc2F)C1. The lowest BCUT2D eigenvalue weighted by Crippen LogP contribution is -2.39. The van der Waals surface area contributed by atoms with Gasteiger partial charge in [-0.25, -0.2) is 4.39 Å². The van der Waals surface area contributed by atoms with E-state index in [-0.39, 0.29) is 17.3 Å². The summed E-state index contributed by atoms with van der Waals surface area (Å²) in [4.78, 5) is 14.6. The second-order valence-electron chi connectivity index (χ2n) is 5.75. The van der Waals surface area contributed by atoms with E-state index in [1.807, 2.05) is 6.92 Å². The highest BCUT2D eigenvalue weighted by Gasteiger charge is 2.23. The van der Waals surface area contributed by atoms with Gasteiger partial charge in [0.05, 0.1) is 5.56 Å². The van der Waals surface area contributed by atoms with Crippen LogP contribution < -0.4 is 0 Å². The molecule has 3 heteroatoms. The standard InChI is InChI=1S/C16H22FNO/c1-12-6-5-9-18(10-12)11-13(2)16(19)14-7-3-4-8-15(14)17/h3-4,7-8,12-13H,5-6,9-11H2,1-2H3. The zero-order valence-electron chi connectivity index (χ0n) is 11.7. The number of Topliss-reactive ketones (excluding diaryl/α,β-unsaturated/α-hetero) is 1. The Morgan fingerprint density at radius 2 is 2.21 bits per heavy atom. The zero-order chi connectivity index (χ0) is 13.8. The molecule has 1 aromatic rings. The lowest BCUT2D eigenvalue weighted by Gasteiger charge is -2.32. The fourth-order valence-electron chi connectivity index (χ4n) is 2.85. The van der Waals surface area contributed by atoms with Crippen LogP contribution in [0.15, 0.2) is 24.3 Å². The molecule has 2 atom stereocenters. The maximum atomic E-state index is 13.6. The third-order valence-corrected chi connectivity index (χ3v) is 3.86. The summed E-state index contributed by atoms with van der Waals surface area (Å²) < 4.78 is 13.6. The number of rotatable bonds is 4. The molecular formula is C16H22FNO. The fraction of sp³-hybridized carbons (Fsp3) is 0.562. The molecule has 1 fully saturated rings. The van der Waals surface area contributed by atoms with Gasteiger partial charge in [-0.05, 0) is 37.4 Å². The minimum Gasteiger partial charge on any atom is -0.302 e. The van der Waals surface area contributed by atoms with Crippen molar-refractivity contribution in [3.8, 4) is 0 Å². The Balaban J connectivity index is 1.98. The first-order valence-corrected chi connectivity index (χ1v) is 7.09. The van der Waals surface area contributed by atoms with Gasteiger partial charge in [0.15, 0.2) is 5.78 Å². The number of halogens is 1. The Bertz CT molecular complexity index is 446. The summed E-state index contributed by atoms with van der Waals surface area (Å²) in [5, 5.41) is 0. The van der Waals surface area contributed by atoms with Gasteiger partial charge in [0.1, 0.15) is 5.82 Å². The Morgan fingerprint density at radius 1 is 1.47 bits per heavy atom. The van der Waals surface area contributed by atoms with Gasteiger partial charge in [-0.1, -0.05) is 26.0 Å². The molecule has 1 heterocycles. The second-order valence-corrected chi connectivity index (χ2v) is 5.75. The molecule has 0 spiro atoms. The van der Waals surface area contributed by atoms with Gasteiger partial charge in [0, 0.05) is 19.0 Å². The van der Waals surface area contributed by atoms with E-state index in [0.29, 0.717) is 5.92 Å². The lowest BCUT2D eigenvalue weighted by atomic mass is 9.95. The van der Waals surface area contributed by atoms with Gasteiger partial charge >= 0.3 is 0 Å². The van der Waals surface area contributed by atoms with Crippen LogP contribution in [0.5, 0.6) is 0 Å². The van der Waals surface area contributed by atoms with E-state index in [4.69, 9.17) is 0 Å². The molecule has 0 aromatic heterocycles. The largest absolute Gasteiger partial charge is 0.302 e. The quantitative estimate of drug-likeness (QED) is 0.776. The van der Waals surface area contributed by atoms with Crippen molar-refractivity contribution in [2.45, 2.75) is 26.7 Å². The van der Waals surface area contributed by atoms with Gasteiger partial charge in [-0.3, -0.25) is 4.79 Å². The normalized spacial score (nSPS) is 22.2. The maximum absolute atomic E-state index is 13.6. The van der Waals surface area contributed by atoms with Crippen LogP contribution in [0.2, 0.25) is 0 Å². The van der Waals surface area contributed by atoms with Crippen LogP contribution in [0.3, 0.4) is 0 Å². The van der Waals surface area contributed by atoms with Crippen molar-refractivity contribution in [1.82, 2.24) is 4.90 Å². The zero-order valence-corrected chi connectivity index (χ0v) is 11.7. The molecule has 0 bridgehead atoms. The maximum Gasteiger partial charge on any atom is 0.169 e. The number of nitrogens with zero attached hydrogens (tertiary/aromatic N) is 1. The van der Waals surface area contributed by atoms with Crippen LogP contribution in [-0.2, 0) is 0 Å². The minimum atomic E-state index is -0.411. The van der Waals surface area contributed by atoms with Crippen LogP contribution in [0.4, 0.5) is 4.39 Å². The Labute approximate surface area is 114 Å². The van der Waals surface area contributed by atoms with Gasteiger partial charge in [-0.2, -0.15) is 0 Å². The van der Waals surface area contributed by atoms with E-state index in [9.17, 15) is 9.18 Å². The van der Waals surface area contributed by atoms with Crippen molar-refractivity contribution in [2.24, 2.45) is 11.8 Å². The Hall–Kier alpha value is -1.22. The molecule has 19 heavy (non-hydrogen) atoms. The average molecular weight is 263 g/mol.